The van der Waals surface area contributed by atoms with Crippen molar-refractivity contribution in [1.29, 1.82) is 0 Å². The number of carboxylic acids is 1. The van der Waals surface area contributed by atoms with Crippen LogP contribution in [0.25, 0.3) is 0 Å². The van der Waals surface area contributed by atoms with Crippen LogP contribution in [-0.4, -0.2) is 16.0 Å². The Kier molecular flexibility index (Phi) is 3.05. The fraction of sp³-hybridized carbons (Fsp3) is 0.188. The molecule has 19 heavy (non-hydrogen) atoms. The Bertz CT molecular complexity index is 597. The summed E-state index contributed by atoms with van der Waals surface area (Å²) in [5.41, 5.74) is 3.96. The lowest BCUT2D eigenvalue weighted by Crippen LogP contribution is -2.17. The fourth-order valence-electron chi connectivity index (χ4n) is 2.62. The second-order valence-corrected chi connectivity index (χ2v) is 4.88. The van der Waals surface area contributed by atoms with Crippen molar-refractivity contribution in [1.82, 2.24) is 4.90 Å². The van der Waals surface area contributed by atoms with Crippen LogP contribution in [-0.2, 0) is 19.6 Å². The van der Waals surface area contributed by atoms with E-state index in [1.165, 1.54) is 11.1 Å². The van der Waals surface area contributed by atoms with Gasteiger partial charge in [0.15, 0.2) is 0 Å². The molecule has 0 saturated heterocycles. The summed E-state index contributed by atoms with van der Waals surface area (Å²) in [5, 5.41) is 9.19. The highest BCUT2D eigenvalue weighted by Crippen LogP contribution is 2.24. The predicted molar refractivity (Wildman–Crippen MR) is 72.8 cm³/mol. The smallest absolute Gasteiger partial charge is 0.336 e. The molecule has 0 fully saturated rings. The maximum absolute atomic E-state index is 11.2. The van der Waals surface area contributed by atoms with Gasteiger partial charge in [-0.1, -0.05) is 42.5 Å². The second kappa shape index (κ2) is 4.86. The number of fused-ring (bicyclic) bond motifs is 1. The Hall–Kier alpha value is -2.13. The first-order valence-corrected chi connectivity index (χ1v) is 6.34. The number of hydrogen-bond donors (Lipinski definition) is 1. The molecule has 2 aromatic rings. The average Bonchev–Trinajstić information content (AvgIpc) is 2.81. The SMILES string of the molecule is O=C(O)c1ccccc1CN1Cc2ccccc2C1. The van der Waals surface area contributed by atoms with Crippen molar-refractivity contribution in [3.63, 3.8) is 0 Å². The third-order valence-corrected chi connectivity index (χ3v) is 3.55. The number of aromatic carboxylic acids is 1. The maximum Gasteiger partial charge on any atom is 0.336 e. The molecule has 1 heterocycles. The van der Waals surface area contributed by atoms with Gasteiger partial charge in [0, 0.05) is 19.6 Å². The minimum absolute atomic E-state index is 0.401. The molecule has 0 bridgehead atoms. The summed E-state index contributed by atoms with van der Waals surface area (Å²) in [6.07, 6.45) is 0. The molecule has 0 spiro atoms. The van der Waals surface area contributed by atoms with Crippen LogP contribution in [0.15, 0.2) is 48.5 Å². The second-order valence-electron chi connectivity index (χ2n) is 4.88. The summed E-state index contributed by atoms with van der Waals surface area (Å²) in [5.74, 6) is -0.854. The summed E-state index contributed by atoms with van der Waals surface area (Å²) in [6.45, 7) is 2.46. The monoisotopic (exact) mass is 253 g/mol. The van der Waals surface area contributed by atoms with Crippen LogP contribution >= 0.6 is 0 Å². The highest BCUT2D eigenvalue weighted by Gasteiger charge is 2.20. The lowest BCUT2D eigenvalue weighted by atomic mass is 10.1. The number of carbonyl (C=O) groups is 1. The van der Waals surface area contributed by atoms with Gasteiger partial charge in [0.2, 0.25) is 0 Å². The summed E-state index contributed by atoms with van der Waals surface area (Å²) in [7, 11) is 0. The molecule has 96 valence electrons. The summed E-state index contributed by atoms with van der Waals surface area (Å²) >= 11 is 0. The highest BCUT2D eigenvalue weighted by molar-refractivity contribution is 5.89. The zero-order valence-corrected chi connectivity index (χ0v) is 10.5. The van der Waals surface area contributed by atoms with Crippen LogP contribution in [0.3, 0.4) is 0 Å². The molecular weight excluding hydrogens is 238 g/mol. The van der Waals surface area contributed by atoms with E-state index in [-0.39, 0.29) is 0 Å². The van der Waals surface area contributed by atoms with E-state index in [2.05, 4.69) is 17.0 Å². The quantitative estimate of drug-likeness (QED) is 0.914. The summed E-state index contributed by atoms with van der Waals surface area (Å²) in [6, 6.07) is 15.6. The van der Waals surface area contributed by atoms with Crippen LogP contribution in [0.2, 0.25) is 0 Å². The van der Waals surface area contributed by atoms with E-state index in [0.29, 0.717) is 12.1 Å². The van der Waals surface area contributed by atoms with Gasteiger partial charge in [-0.2, -0.15) is 0 Å². The van der Waals surface area contributed by atoms with Crippen molar-refractivity contribution in [3.05, 3.63) is 70.8 Å². The van der Waals surface area contributed by atoms with E-state index in [4.69, 9.17) is 0 Å². The van der Waals surface area contributed by atoms with E-state index in [9.17, 15) is 9.90 Å². The van der Waals surface area contributed by atoms with E-state index in [1.54, 1.807) is 12.1 Å². The van der Waals surface area contributed by atoms with Gasteiger partial charge in [-0.15, -0.1) is 0 Å². The molecule has 0 amide bonds. The molecule has 1 aliphatic rings. The molecule has 0 unspecified atom stereocenters. The zero-order valence-electron chi connectivity index (χ0n) is 10.5. The molecule has 1 N–H and O–H groups in total. The number of benzene rings is 2. The Balaban J connectivity index is 1.80. The standard InChI is InChI=1S/C16H15NO2/c18-16(19)15-8-4-3-7-14(15)11-17-9-12-5-1-2-6-13(12)10-17/h1-8H,9-11H2,(H,18,19). The molecule has 0 aromatic heterocycles. The van der Waals surface area contributed by atoms with E-state index >= 15 is 0 Å². The highest BCUT2D eigenvalue weighted by atomic mass is 16.4. The van der Waals surface area contributed by atoms with Gasteiger partial charge < -0.3 is 5.11 Å². The Morgan fingerprint density at radius 1 is 1.00 bits per heavy atom. The third-order valence-electron chi connectivity index (χ3n) is 3.55. The molecule has 2 aromatic carbocycles. The fourth-order valence-corrected chi connectivity index (χ4v) is 2.62. The Morgan fingerprint density at radius 2 is 1.58 bits per heavy atom. The van der Waals surface area contributed by atoms with Gasteiger partial charge in [-0.05, 0) is 22.8 Å². The van der Waals surface area contributed by atoms with Gasteiger partial charge >= 0.3 is 5.97 Å². The first kappa shape index (κ1) is 11.9. The molecule has 3 nitrogen and oxygen atoms in total. The topological polar surface area (TPSA) is 40.5 Å². The number of nitrogens with zero attached hydrogens (tertiary/aromatic N) is 1. The van der Waals surface area contributed by atoms with Crippen molar-refractivity contribution in [2.45, 2.75) is 19.6 Å². The number of rotatable bonds is 3. The predicted octanol–water partition coefficient (Wildman–Crippen LogP) is 2.90. The van der Waals surface area contributed by atoms with Gasteiger partial charge in [0.05, 0.1) is 5.56 Å². The zero-order chi connectivity index (χ0) is 13.2. The van der Waals surface area contributed by atoms with Gasteiger partial charge in [-0.3, -0.25) is 4.90 Å². The Labute approximate surface area is 112 Å². The minimum Gasteiger partial charge on any atom is -0.478 e. The van der Waals surface area contributed by atoms with Crippen molar-refractivity contribution in [2.24, 2.45) is 0 Å². The van der Waals surface area contributed by atoms with Crippen molar-refractivity contribution in [2.75, 3.05) is 0 Å². The average molecular weight is 253 g/mol. The molecule has 1 aliphatic heterocycles. The third kappa shape index (κ3) is 2.37. The van der Waals surface area contributed by atoms with Crippen LogP contribution in [0.5, 0.6) is 0 Å². The molecule has 0 atom stereocenters. The van der Waals surface area contributed by atoms with Gasteiger partial charge in [0.25, 0.3) is 0 Å². The molecule has 3 rings (SSSR count). The van der Waals surface area contributed by atoms with Crippen LogP contribution < -0.4 is 0 Å². The molecular formula is C16H15NO2. The van der Waals surface area contributed by atoms with Crippen molar-refractivity contribution < 1.29 is 9.90 Å². The molecule has 0 saturated carbocycles. The molecule has 0 aliphatic carbocycles. The van der Waals surface area contributed by atoms with Crippen molar-refractivity contribution in [3.8, 4) is 0 Å². The molecule has 3 heteroatoms. The maximum atomic E-state index is 11.2. The van der Waals surface area contributed by atoms with Gasteiger partial charge in [0.1, 0.15) is 0 Å². The lowest BCUT2D eigenvalue weighted by molar-refractivity contribution is 0.0694. The summed E-state index contributed by atoms with van der Waals surface area (Å²) in [4.78, 5) is 13.5. The molecule has 0 radical (unpaired) electrons. The van der Waals surface area contributed by atoms with Gasteiger partial charge in [-0.25, -0.2) is 4.79 Å². The number of hydrogen-bond acceptors (Lipinski definition) is 2. The first-order chi connectivity index (χ1) is 9.24. The van der Waals surface area contributed by atoms with Crippen molar-refractivity contribution >= 4 is 5.97 Å². The summed E-state index contributed by atoms with van der Waals surface area (Å²) < 4.78 is 0. The normalized spacial score (nSPS) is 14.3. The lowest BCUT2D eigenvalue weighted by Gasteiger charge is -2.16. The van der Waals surface area contributed by atoms with E-state index in [1.807, 2.05) is 24.3 Å². The van der Waals surface area contributed by atoms with E-state index in [0.717, 1.165) is 18.7 Å². The largest absolute Gasteiger partial charge is 0.478 e. The minimum atomic E-state index is -0.854. The van der Waals surface area contributed by atoms with Crippen LogP contribution in [0.1, 0.15) is 27.0 Å². The van der Waals surface area contributed by atoms with Crippen LogP contribution in [0, 0.1) is 0 Å². The Morgan fingerprint density at radius 3 is 2.21 bits per heavy atom. The number of carboxylic acid groups (broad SMARTS) is 1. The van der Waals surface area contributed by atoms with Crippen LogP contribution in [0.4, 0.5) is 0 Å². The van der Waals surface area contributed by atoms with E-state index < -0.39 is 5.97 Å². The first-order valence-electron chi connectivity index (χ1n) is 6.34.